The van der Waals surface area contributed by atoms with E-state index in [1.807, 2.05) is 0 Å². The molecule has 0 heterocycles. The van der Waals surface area contributed by atoms with Crippen LogP contribution in [0.3, 0.4) is 0 Å². The van der Waals surface area contributed by atoms with Gasteiger partial charge < -0.3 is 20.3 Å². The third kappa shape index (κ3) is 2.78. The van der Waals surface area contributed by atoms with Gasteiger partial charge in [0, 0.05) is 18.2 Å². The highest BCUT2D eigenvalue weighted by Gasteiger charge is 2.04. The second kappa shape index (κ2) is 4.56. The molecule has 2 N–H and O–H groups in total. The maximum absolute atomic E-state index is 10.8. The zero-order chi connectivity index (χ0) is 11.4. The maximum Gasteiger partial charge on any atom is 0.221 e. The molecule has 0 saturated carbocycles. The molecule has 0 atom stereocenters. The molecule has 0 unspecified atom stereocenters. The molecule has 1 rings (SSSR count). The second-order valence-corrected chi connectivity index (χ2v) is 3.00. The van der Waals surface area contributed by atoms with Gasteiger partial charge in [-0.05, 0) is 17.7 Å². The lowest BCUT2D eigenvalue weighted by Crippen LogP contribution is -2.22. The zero-order valence-electron chi connectivity index (χ0n) is 8.11. The number of aromatic carboxylic acids is 1. The Bertz CT molecular complexity index is 400. The number of carboxylic acid groups (broad SMARTS) is 1. The molecule has 5 nitrogen and oxygen atoms in total. The van der Waals surface area contributed by atoms with Gasteiger partial charge >= 0.3 is 0 Å². The number of carbonyl (C=O) groups excluding carboxylic acids is 2. The quantitative estimate of drug-likeness (QED) is 0.700. The van der Waals surface area contributed by atoms with Gasteiger partial charge in [0.15, 0.2) is 0 Å². The third-order valence-corrected chi connectivity index (χ3v) is 1.82. The van der Waals surface area contributed by atoms with E-state index in [-0.39, 0.29) is 18.1 Å². The van der Waals surface area contributed by atoms with Crippen LogP contribution in [0.5, 0.6) is 0 Å². The van der Waals surface area contributed by atoms with Crippen LogP contribution in [0.15, 0.2) is 18.2 Å². The number of rotatable bonds is 3. The molecule has 0 radical (unpaired) electrons. The van der Waals surface area contributed by atoms with Crippen molar-refractivity contribution >= 4 is 17.6 Å². The Morgan fingerprint density at radius 1 is 1.47 bits per heavy atom. The number of hydrogen-bond acceptors (Lipinski definition) is 4. The molecule has 1 aromatic rings. The molecule has 0 spiro atoms. The summed E-state index contributed by atoms with van der Waals surface area (Å²) in [7, 11) is 0. The predicted molar refractivity (Wildman–Crippen MR) is 51.0 cm³/mol. The molecule has 0 bridgehead atoms. The van der Waals surface area contributed by atoms with Crippen LogP contribution in [0, 0.1) is 0 Å². The van der Waals surface area contributed by atoms with E-state index in [1.54, 1.807) is 0 Å². The van der Waals surface area contributed by atoms with Crippen molar-refractivity contribution < 1.29 is 19.8 Å². The Balaban J connectivity index is 3.08. The molecule has 0 saturated heterocycles. The molecule has 0 aliphatic carbocycles. The maximum atomic E-state index is 10.8. The van der Waals surface area contributed by atoms with Crippen molar-refractivity contribution in [2.45, 2.75) is 13.5 Å². The number of aliphatic hydroxyl groups is 1. The number of carbonyl (C=O) groups is 2. The van der Waals surface area contributed by atoms with Gasteiger partial charge in [0.1, 0.15) is 0 Å². The first-order chi connectivity index (χ1) is 7.04. The molecule has 0 aromatic heterocycles. The molecule has 1 aromatic carbocycles. The van der Waals surface area contributed by atoms with Crippen molar-refractivity contribution in [3.63, 3.8) is 0 Å². The summed E-state index contributed by atoms with van der Waals surface area (Å²) in [5, 5.41) is 22.0. The minimum absolute atomic E-state index is 0.0341. The number of hydrogen-bond donors (Lipinski definition) is 2. The highest BCUT2D eigenvalue weighted by atomic mass is 16.4. The van der Waals surface area contributed by atoms with E-state index in [0.717, 1.165) is 0 Å². The van der Waals surface area contributed by atoms with Crippen LogP contribution < -0.4 is 10.4 Å². The minimum Gasteiger partial charge on any atom is -0.545 e. The van der Waals surface area contributed by atoms with E-state index >= 15 is 0 Å². The Kier molecular flexibility index (Phi) is 3.41. The Hall–Kier alpha value is -1.88. The van der Waals surface area contributed by atoms with Crippen LogP contribution in [-0.4, -0.2) is 17.0 Å². The molecular weight excluding hydrogens is 198 g/mol. The lowest BCUT2D eigenvalue weighted by Gasteiger charge is -2.10. The topological polar surface area (TPSA) is 89.5 Å². The average molecular weight is 208 g/mol. The fourth-order valence-corrected chi connectivity index (χ4v) is 1.16. The standard InChI is InChI=1S/C10H11NO4/c1-6(13)11-9-3-2-7(10(14)15)4-8(9)5-12/h2-4,12H,5H2,1H3,(H,11,13)(H,14,15)/p-1. The van der Waals surface area contributed by atoms with Crippen molar-refractivity contribution in [2.75, 3.05) is 5.32 Å². The van der Waals surface area contributed by atoms with Crippen LogP contribution in [0.1, 0.15) is 22.8 Å². The molecule has 80 valence electrons. The van der Waals surface area contributed by atoms with E-state index in [0.29, 0.717) is 11.3 Å². The summed E-state index contributed by atoms with van der Waals surface area (Å²) >= 11 is 0. The van der Waals surface area contributed by atoms with Crippen molar-refractivity contribution in [3.8, 4) is 0 Å². The highest BCUT2D eigenvalue weighted by Crippen LogP contribution is 2.17. The van der Waals surface area contributed by atoms with Gasteiger partial charge in [-0.3, -0.25) is 4.79 Å². The van der Waals surface area contributed by atoms with Crippen LogP contribution >= 0.6 is 0 Å². The Morgan fingerprint density at radius 3 is 2.60 bits per heavy atom. The Morgan fingerprint density at radius 2 is 2.13 bits per heavy atom. The van der Waals surface area contributed by atoms with Crippen molar-refractivity contribution in [3.05, 3.63) is 29.3 Å². The SMILES string of the molecule is CC(=O)Nc1ccc(C(=O)[O-])cc1CO. The van der Waals surface area contributed by atoms with Crippen LogP contribution in [0.4, 0.5) is 5.69 Å². The van der Waals surface area contributed by atoms with Gasteiger partial charge in [-0.2, -0.15) is 0 Å². The number of benzene rings is 1. The summed E-state index contributed by atoms with van der Waals surface area (Å²) in [6.07, 6.45) is 0. The summed E-state index contributed by atoms with van der Waals surface area (Å²) in [6, 6.07) is 3.98. The minimum atomic E-state index is -1.32. The third-order valence-electron chi connectivity index (χ3n) is 1.82. The lowest BCUT2D eigenvalue weighted by atomic mass is 10.1. The number of carboxylic acids is 1. The summed E-state index contributed by atoms with van der Waals surface area (Å²) in [4.78, 5) is 21.3. The molecule has 0 aliphatic rings. The van der Waals surface area contributed by atoms with Gasteiger partial charge in [0.25, 0.3) is 0 Å². The summed E-state index contributed by atoms with van der Waals surface area (Å²) in [5.74, 6) is -1.61. The number of anilines is 1. The summed E-state index contributed by atoms with van der Waals surface area (Å²) in [6.45, 7) is 0.977. The zero-order valence-corrected chi connectivity index (χ0v) is 8.11. The number of amides is 1. The number of aliphatic hydroxyl groups excluding tert-OH is 1. The van der Waals surface area contributed by atoms with Crippen molar-refractivity contribution in [1.29, 1.82) is 0 Å². The fraction of sp³-hybridized carbons (Fsp3) is 0.200. The molecule has 0 aliphatic heterocycles. The van der Waals surface area contributed by atoms with E-state index < -0.39 is 5.97 Å². The van der Waals surface area contributed by atoms with Gasteiger partial charge in [-0.1, -0.05) is 6.07 Å². The molecule has 15 heavy (non-hydrogen) atoms. The first-order valence-electron chi connectivity index (χ1n) is 4.27. The fourth-order valence-electron chi connectivity index (χ4n) is 1.16. The van der Waals surface area contributed by atoms with E-state index in [9.17, 15) is 14.7 Å². The smallest absolute Gasteiger partial charge is 0.221 e. The van der Waals surface area contributed by atoms with Gasteiger partial charge in [-0.25, -0.2) is 0 Å². The van der Waals surface area contributed by atoms with Crippen molar-refractivity contribution in [2.24, 2.45) is 0 Å². The molecular formula is C10H10NO4-. The molecule has 5 heteroatoms. The Labute approximate surface area is 86.4 Å². The van der Waals surface area contributed by atoms with Gasteiger partial charge in [-0.15, -0.1) is 0 Å². The summed E-state index contributed by atoms with van der Waals surface area (Å²) < 4.78 is 0. The molecule has 1 amide bonds. The average Bonchev–Trinajstić information content (AvgIpc) is 2.17. The van der Waals surface area contributed by atoms with Crippen molar-refractivity contribution in [1.82, 2.24) is 0 Å². The van der Waals surface area contributed by atoms with Crippen LogP contribution in [0.25, 0.3) is 0 Å². The van der Waals surface area contributed by atoms with E-state index in [4.69, 9.17) is 5.11 Å². The highest BCUT2D eigenvalue weighted by molar-refractivity contribution is 5.91. The second-order valence-electron chi connectivity index (χ2n) is 3.00. The molecule has 0 fully saturated rings. The summed E-state index contributed by atoms with van der Waals surface area (Å²) in [5.41, 5.74) is 0.704. The largest absolute Gasteiger partial charge is 0.545 e. The first-order valence-corrected chi connectivity index (χ1v) is 4.27. The predicted octanol–water partition coefficient (Wildman–Crippen LogP) is -0.499. The normalized spacial score (nSPS) is 9.73. The van der Waals surface area contributed by atoms with Crippen LogP contribution in [0.2, 0.25) is 0 Å². The van der Waals surface area contributed by atoms with E-state index in [2.05, 4.69) is 5.32 Å². The lowest BCUT2D eigenvalue weighted by molar-refractivity contribution is -0.255. The van der Waals surface area contributed by atoms with Gasteiger partial charge in [0.2, 0.25) is 5.91 Å². The van der Waals surface area contributed by atoms with E-state index in [1.165, 1.54) is 25.1 Å². The monoisotopic (exact) mass is 208 g/mol. The number of nitrogens with one attached hydrogen (secondary N) is 1. The first kappa shape index (κ1) is 11.2. The van der Waals surface area contributed by atoms with Crippen LogP contribution in [-0.2, 0) is 11.4 Å². The van der Waals surface area contributed by atoms with Gasteiger partial charge in [0.05, 0.1) is 12.6 Å².